The van der Waals surface area contributed by atoms with E-state index in [9.17, 15) is 4.79 Å². The van der Waals surface area contributed by atoms with Gasteiger partial charge in [-0.25, -0.2) is 0 Å². The molecule has 1 aromatic heterocycles. The van der Waals surface area contributed by atoms with Gasteiger partial charge in [0.25, 0.3) is 5.91 Å². The molecule has 0 unspecified atom stereocenters. The van der Waals surface area contributed by atoms with Crippen molar-refractivity contribution in [2.75, 3.05) is 0 Å². The molecule has 0 aliphatic heterocycles. The Balaban J connectivity index is 2.00. The highest BCUT2D eigenvalue weighted by molar-refractivity contribution is 5.93. The monoisotopic (exact) mass is 229 g/mol. The van der Waals surface area contributed by atoms with Gasteiger partial charge in [-0.05, 0) is 17.5 Å². The number of benzene rings is 1. The normalized spacial score (nSPS) is 10.2. The number of aryl methyl sites for hydroxylation is 1. The van der Waals surface area contributed by atoms with E-state index in [-0.39, 0.29) is 5.91 Å². The number of carbonyl (C=O) groups is 1. The first-order chi connectivity index (χ1) is 8.31. The lowest BCUT2D eigenvalue weighted by molar-refractivity contribution is 0.0951. The average molecular weight is 229 g/mol. The van der Waals surface area contributed by atoms with Crippen LogP contribution in [0.1, 0.15) is 28.4 Å². The zero-order valence-corrected chi connectivity index (χ0v) is 9.73. The standard InChI is InChI=1S/C13H15N3O/c1-2-10-5-3-4-6-11(10)7-14-13(17)12-8-15-16-9-12/h3-6,8-9H,2,7H2,1H3,(H,14,17)(H,15,16). The molecule has 2 rings (SSSR count). The van der Waals surface area contributed by atoms with Crippen molar-refractivity contribution < 1.29 is 4.79 Å². The van der Waals surface area contributed by atoms with Gasteiger partial charge in [-0.1, -0.05) is 31.2 Å². The Hall–Kier alpha value is -2.10. The fraction of sp³-hybridized carbons (Fsp3) is 0.231. The van der Waals surface area contributed by atoms with Crippen molar-refractivity contribution in [3.63, 3.8) is 0 Å². The van der Waals surface area contributed by atoms with Crippen LogP contribution < -0.4 is 5.32 Å². The summed E-state index contributed by atoms with van der Waals surface area (Å²) in [5, 5.41) is 9.24. The highest BCUT2D eigenvalue weighted by atomic mass is 16.1. The Morgan fingerprint density at radius 1 is 1.35 bits per heavy atom. The van der Waals surface area contributed by atoms with Crippen LogP contribution in [0.3, 0.4) is 0 Å². The van der Waals surface area contributed by atoms with Gasteiger partial charge in [0.05, 0.1) is 11.8 Å². The molecule has 2 aromatic rings. The molecule has 1 aromatic carbocycles. The van der Waals surface area contributed by atoms with E-state index in [4.69, 9.17) is 0 Å². The second kappa shape index (κ2) is 5.30. The lowest BCUT2D eigenvalue weighted by atomic mass is 10.1. The molecule has 4 heteroatoms. The van der Waals surface area contributed by atoms with Gasteiger partial charge in [0, 0.05) is 12.7 Å². The van der Waals surface area contributed by atoms with Crippen molar-refractivity contribution in [1.29, 1.82) is 0 Å². The van der Waals surface area contributed by atoms with Crippen molar-refractivity contribution in [2.24, 2.45) is 0 Å². The van der Waals surface area contributed by atoms with Gasteiger partial charge in [-0.2, -0.15) is 5.10 Å². The number of nitrogens with zero attached hydrogens (tertiary/aromatic N) is 1. The number of nitrogens with one attached hydrogen (secondary N) is 2. The maximum absolute atomic E-state index is 11.7. The molecule has 0 saturated heterocycles. The molecule has 2 N–H and O–H groups in total. The quantitative estimate of drug-likeness (QED) is 0.841. The summed E-state index contributed by atoms with van der Waals surface area (Å²) in [6.07, 6.45) is 4.07. The van der Waals surface area contributed by atoms with E-state index < -0.39 is 0 Å². The number of amides is 1. The predicted molar refractivity (Wildman–Crippen MR) is 65.6 cm³/mol. The molecule has 0 aliphatic carbocycles. The molecule has 0 atom stereocenters. The van der Waals surface area contributed by atoms with Crippen LogP contribution in [0.2, 0.25) is 0 Å². The summed E-state index contributed by atoms with van der Waals surface area (Å²) in [6, 6.07) is 8.12. The summed E-state index contributed by atoms with van der Waals surface area (Å²) in [5.74, 6) is -0.107. The first-order valence-corrected chi connectivity index (χ1v) is 5.65. The Kier molecular flexibility index (Phi) is 3.55. The second-order valence-electron chi connectivity index (χ2n) is 3.79. The lowest BCUT2D eigenvalue weighted by Crippen LogP contribution is -2.22. The molecule has 17 heavy (non-hydrogen) atoms. The number of carbonyl (C=O) groups excluding carboxylic acids is 1. The van der Waals surface area contributed by atoms with E-state index in [1.807, 2.05) is 18.2 Å². The summed E-state index contributed by atoms with van der Waals surface area (Å²) in [7, 11) is 0. The van der Waals surface area contributed by atoms with Gasteiger partial charge in [-0.3, -0.25) is 9.89 Å². The van der Waals surface area contributed by atoms with Crippen LogP contribution >= 0.6 is 0 Å². The fourth-order valence-corrected chi connectivity index (χ4v) is 1.73. The molecule has 0 saturated carbocycles. The largest absolute Gasteiger partial charge is 0.348 e. The molecule has 0 radical (unpaired) electrons. The molecular formula is C13H15N3O. The van der Waals surface area contributed by atoms with E-state index in [0.717, 1.165) is 12.0 Å². The topological polar surface area (TPSA) is 57.8 Å². The average Bonchev–Trinajstić information content (AvgIpc) is 2.90. The Bertz CT molecular complexity index is 491. The second-order valence-corrected chi connectivity index (χ2v) is 3.79. The minimum absolute atomic E-state index is 0.107. The minimum atomic E-state index is -0.107. The van der Waals surface area contributed by atoms with Crippen molar-refractivity contribution in [3.8, 4) is 0 Å². The van der Waals surface area contributed by atoms with E-state index in [0.29, 0.717) is 12.1 Å². The third-order valence-electron chi connectivity index (χ3n) is 2.70. The maximum atomic E-state index is 11.7. The number of aromatic nitrogens is 2. The van der Waals surface area contributed by atoms with Crippen LogP contribution in [-0.4, -0.2) is 16.1 Å². The number of aromatic amines is 1. The fourth-order valence-electron chi connectivity index (χ4n) is 1.73. The molecule has 1 heterocycles. The zero-order chi connectivity index (χ0) is 12.1. The summed E-state index contributed by atoms with van der Waals surface area (Å²) >= 11 is 0. The molecule has 0 bridgehead atoms. The van der Waals surface area contributed by atoms with Gasteiger partial charge in [0.1, 0.15) is 0 Å². The highest BCUT2D eigenvalue weighted by Crippen LogP contribution is 2.09. The summed E-state index contributed by atoms with van der Waals surface area (Å²) in [4.78, 5) is 11.7. The van der Waals surface area contributed by atoms with Crippen LogP contribution in [0.25, 0.3) is 0 Å². The van der Waals surface area contributed by atoms with Gasteiger partial charge < -0.3 is 5.32 Å². The first kappa shape index (κ1) is 11.4. The van der Waals surface area contributed by atoms with Gasteiger partial charge in [0.2, 0.25) is 0 Å². The Labute approximate surface area is 100 Å². The molecule has 4 nitrogen and oxygen atoms in total. The number of rotatable bonds is 4. The SMILES string of the molecule is CCc1ccccc1CNC(=O)c1cn[nH]c1. The van der Waals surface area contributed by atoms with Crippen LogP contribution in [0.15, 0.2) is 36.7 Å². The third-order valence-corrected chi connectivity index (χ3v) is 2.70. The van der Waals surface area contributed by atoms with Crippen LogP contribution in [-0.2, 0) is 13.0 Å². The highest BCUT2D eigenvalue weighted by Gasteiger charge is 2.06. The molecule has 0 aliphatic rings. The van der Waals surface area contributed by atoms with E-state index in [1.54, 1.807) is 6.20 Å². The summed E-state index contributed by atoms with van der Waals surface area (Å²) in [6.45, 7) is 2.66. The molecule has 0 fully saturated rings. The van der Waals surface area contributed by atoms with Crippen molar-refractivity contribution in [3.05, 3.63) is 53.3 Å². The molecular weight excluding hydrogens is 214 g/mol. The molecule has 88 valence electrons. The Morgan fingerprint density at radius 3 is 2.76 bits per heavy atom. The molecule has 1 amide bonds. The van der Waals surface area contributed by atoms with E-state index >= 15 is 0 Å². The predicted octanol–water partition coefficient (Wildman–Crippen LogP) is 1.90. The summed E-state index contributed by atoms with van der Waals surface area (Å²) in [5.41, 5.74) is 2.98. The van der Waals surface area contributed by atoms with Crippen LogP contribution in [0.5, 0.6) is 0 Å². The van der Waals surface area contributed by atoms with Gasteiger partial charge >= 0.3 is 0 Å². The van der Waals surface area contributed by atoms with Crippen LogP contribution in [0.4, 0.5) is 0 Å². The smallest absolute Gasteiger partial charge is 0.254 e. The summed E-state index contributed by atoms with van der Waals surface area (Å²) < 4.78 is 0. The van der Waals surface area contributed by atoms with Gasteiger partial charge in [0.15, 0.2) is 0 Å². The molecule has 0 spiro atoms. The third kappa shape index (κ3) is 2.72. The maximum Gasteiger partial charge on any atom is 0.254 e. The van der Waals surface area contributed by atoms with Crippen molar-refractivity contribution in [2.45, 2.75) is 19.9 Å². The number of hydrogen-bond donors (Lipinski definition) is 2. The van der Waals surface area contributed by atoms with E-state index in [1.165, 1.54) is 11.8 Å². The first-order valence-electron chi connectivity index (χ1n) is 5.65. The van der Waals surface area contributed by atoms with Gasteiger partial charge in [-0.15, -0.1) is 0 Å². The van der Waals surface area contributed by atoms with Crippen molar-refractivity contribution in [1.82, 2.24) is 15.5 Å². The Morgan fingerprint density at radius 2 is 2.12 bits per heavy atom. The minimum Gasteiger partial charge on any atom is -0.348 e. The lowest BCUT2D eigenvalue weighted by Gasteiger charge is -2.08. The number of H-pyrrole nitrogens is 1. The zero-order valence-electron chi connectivity index (χ0n) is 9.73. The number of hydrogen-bond acceptors (Lipinski definition) is 2. The van der Waals surface area contributed by atoms with E-state index in [2.05, 4.69) is 28.5 Å². The van der Waals surface area contributed by atoms with Crippen molar-refractivity contribution >= 4 is 5.91 Å². The van der Waals surface area contributed by atoms with Crippen LogP contribution in [0, 0.1) is 0 Å².